The molecule has 0 spiro atoms. The molecule has 0 nitrogen and oxygen atoms in total. The average molecular weight is 177 g/mol. The highest BCUT2D eigenvalue weighted by atomic mass is 35.5. The molecular formula is C10H21Cl. The SMILES string of the molecule is CCCC(Cl)C(CC)C(C)C. The molecule has 0 aromatic heterocycles. The van der Waals surface area contributed by atoms with Gasteiger partial charge in [-0.15, -0.1) is 11.6 Å². The van der Waals surface area contributed by atoms with E-state index in [0.29, 0.717) is 11.3 Å². The first kappa shape index (κ1) is 11.3. The van der Waals surface area contributed by atoms with Gasteiger partial charge in [0.1, 0.15) is 0 Å². The van der Waals surface area contributed by atoms with Crippen molar-refractivity contribution in [2.75, 3.05) is 0 Å². The van der Waals surface area contributed by atoms with E-state index in [2.05, 4.69) is 27.7 Å². The molecule has 0 rings (SSSR count). The first-order valence-corrected chi connectivity index (χ1v) is 5.21. The van der Waals surface area contributed by atoms with Crippen LogP contribution < -0.4 is 0 Å². The van der Waals surface area contributed by atoms with Gasteiger partial charge in [0.2, 0.25) is 0 Å². The summed E-state index contributed by atoms with van der Waals surface area (Å²) < 4.78 is 0. The van der Waals surface area contributed by atoms with E-state index in [1.54, 1.807) is 0 Å². The summed E-state index contributed by atoms with van der Waals surface area (Å²) in [5.74, 6) is 1.44. The Bertz CT molecular complexity index is 88.9. The lowest BCUT2D eigenvalue weighted by molar-refractivity contribution is 0.346. The summed E-state index contributed by atoms with van der Waals surface area (Å²) in [6.07, 6.45) is 3.58. The van der Waals surface area contributed by atoms with E-state index in [4.69, 9.17) is 11.6 Å². The zero-order chi connectivity index (χ0) is 8.85. The zero-order valence-corrected chi connectivity index (χ0v) is 8.99. The molecule has 0 aliphatic heterocycles. The molecule has 0 fully saturated rings. The number of halogens is 1. The van der Waals surface area contributed by atoms with Crippen molar-refractivity contribution in [1.82, 2.24) is 0 Å². The largest absolute Gasteiger partial charge is 0.123 e. The van der Waals surface area contributed by atoms with Crippen LogP contribution in [0.25, 0.3) is 0 Å². The summed E-state index contributed by atoms with van der Waals surface area (Å²) >= 11 is 6.24. The van der Waals surface area contributed by atoms with Gasteiger partial charge in [-0.2, -0.15) is 0 Å². The first-order valence-electron chi connectivity index (χ1n) is 4.77. The second-order valence-corrected chi connectivity index (χ2v) is 4.18. The van der Waals surface area contributed by atoms with Crippen LogP contribution in [0, 0.1) is 11.8 Å². The lowest BCUT2D eigenvalue weighted by atomic mass is 9.88. The van der Waals surface area contributed by atoms with Crippen molar-refractivity contribution in [3.05, 3.63) is 0 Å². The molecule has 0 N–H and O–H groups in total. The third-order valence-corrected chi connectivity index (χ3v) is 2.90. The fraction of sp³-hybridized carbons (Fsp3) is 1.00. The summed E-state index contributed by atoms with van der Waals surface area (Å²) in [4.78, 5) is 0. The van der Waals surface area contributed by atoms with E-state index in [0.717, 1.165) is 12.3 Å². The number of hydrogen-bond acceptors (Lipinski definition) is 0. The van der Waals surface area contributed by atoms with Gasteiger partial charge >= 0.3 is 0 Å². The van der Waals surface area contributed by atoms with Gasteiger partial charge < -0.3 is 0 Å². The van der Waals surface area contributed by atoms with Crippen molar-refractivity contribution in [2.45, 2.75) is 52.3 Å². The van der Waals surface area contributed by atoms with Gasteiger partial charge in [-0.3, -0.25) is 0 Å². The predicted molar refractivity (Wildman–Crippen MR) is 53.2 cm³/mol. The highest BCUT2D eigenvalue weighted by Gasteiger charge is 2.19. The minimum absolute atomic E-state index is 0.394. The van der Waals surface area contributed by atoms with Crippen molar-refractivity contribution in [3.8, 4) is 0 Å². The maximum absolute atomic E-state index is 6.24. The lowest BCUT2D eigenvalue weighted by Gasteiger charge is -2.23. The highest BCUT2D eigenvalue weighted by Crippen LogP contribution is 2.26. The molecule has 68 valence electrons. The molecule has 1 heteroatoms. The zero-order valence-electron chi connectivity index (χ0n) is 8.23. The quantitative estimate of drug-likeness (QED) is 0.554. The van der Waals surface area contributed by atoms with Gasteiger partial charge in [0.15, 0.2) is 0 Å². The molecule has 0 heterocycles. The molecule has 0 aliphatic rings. The van der Waals surface area contributed by atoms with Gasteiger partial charge in [0.25, 0.3) is 0 Å². The molecule has 0 saturated carbocycles. The minimum atomic E-state index is 0.394. The fourth-order valence-corrected chi connectivity index (χ4v) is 2.32. The smallest absolute Gasteiger partial charge is 0.0366 e. The minimum Gasteiger partial charge on any atom is -0.123 e. The molecular weight excluding hydrogens is 156 g/mol. The Kier molecular flexibility index (Phi) is 6.03. The molecule has 2 unspecified atom stereocenters. The van der Waals surface area contributed by atoms with E-state index in [1.165, 1.54) is 12.8 Å². The maximum atomic E-state index is 6.24. The van der Waals surface area contributed by atoms with Crippen LogP contribution >= 0.6 is 11.6 Å². The van der Waals surface area contributed by atoms with Crippen molar-refractivity contribution in [2.24, 2.45) is 11.8 Å². The standard InChI is InChI=1S/C10H21Cl/c1-5-7-10(11)9(6-2)8(3)4/h8-10H,5-7H2,1-4H3. The van der Waals surface area contributed by atoms with Crippen molar-refractivity contribution >= 4 is 11.6 Å². The van der Waals surface area contributed by atoms with Gasteiger partial charge in [0.05, 0.1) is 0 Å². The predicted octanol–water partition coefficient (Wildman–Crippen LogP) is 4.08. The summed E-state index contributed by atoms with van der Waals surface area (Å²) in [7, 11) is 0. The van der Waals surface area contributed by atoms with Crippen LogP contribution in [0.15, 0.2) is 0 Å². The van der Waals surface area contributed by atoms with E-state index in [9.17, 15) is 0 Å². The summed E-state index contributed by atoms with van der Waals surface area (Å²) in [6.45, 7) is 8.95. The Morgan fingerprint density at radius 2 is 1.73 bits per heavy atom. The maximum Gasteiger partial charge on any atom is 0.0366 e. The Morgan fingerprint density at radius 1 is 1.18 bits per heavy atom. The Balaban J connectivity index is 3.81. The molecule has 0 radical (unpaired) electrons. The van der Waals surface area contributed by atoms with Gasteiger partial charge in [0, 0.05) is 5.38 Å². The first-order chi connectivity index (χ1) is 5.13. The Morgan fingerprint density at radius 3 is 2.00 bits per heavy atom. The van der Waals surface area contributed by atoms with E-state index in [1.807, 2.05) is 0 Å². The Hall–Kier alpha value is 0.290. The summed E-state index contributed by atoms with van der Waals surface area (Å²) in [6, 6.07) is 0. The van der Waals surface area contributed by atoms with Crippen molar-refractivity contribution in [3.63, 3.8) is 0 Å². The topological polar surface area (TPSA) is 0 Å². The van der Waals surface area contributed by atoms with Crippen molar-refractivity contribution in [1.29, 1.82) is 0 Å². The van der Waals surface area contributed by atoms with Gasteiger partial charge in [-0.1, -0.05) is 40.5 Å². The lowest BCUT2D eigenvalue weighted by Crippen LogP contribution is -2.19. The van der Waals surface area contributed by atoms with Gasteiger partial charge in [-0.05, 0) is 18.3 Å². The third kappa shape index (κ3) is 4.00. The van der Waals surface area contributed by atoms with E-state index >= 15 is 0 Å². The number of alkyl halides is 1. The second-order valence-electron chi connectivity index (χ2n) is 3.62. The summed E-state index contributed by atoms with van der Waals surface area (Å²) in [5, 5.41) is 0.394. The van der Waals surface area contributed by atoms with Crippen molar-refractivity contribution < 1.29 is 0 Å². The van der Waals surface area contributed by atoms with E-state index in [-0.39, 0.29) is 0 Å². The Labute approximate surface area is 76.3 Å². The molecule has 0 aromatic carbocycles. The molecule has 11 heavy (non-hydrogen) atoms. The van der Waals surface area contributed by atoms with Crippen LogP contribution in [0.5, 0.6) is 0 Å². The van der Waals surface area contributed by atoms with Crippen LogP contribution in [0.2, 0.25) is 0 Å². The molecule has 0 amide bonds. The average Bonchev–Trinajstić information content (AvgIpc) is 1.88. The molecule has 0 aromatic rings. The normalized spacial score (nSPS) is 16.9. The van der Waals surface area contributed by atoms with Crippen LogP contribution in [0.1, 0.15) is 47.0 Å². The van der Waals surface area contributed by atoms with Crippen LogP contribution in [0.4, 0.5) is 0 Å². The summed E-state index contributed by atoms with van der Waals surface area (Å²) in [5.41, 5.74) is 0. The fourth-order valence-electron chi connectivity index (χ4n) is 1.63. The highest BCUT2D eigenvalue weighted by molar-refractivity contribution is 6.20. The van der Waals surface area contributed by atoms with Crippen LogP contribution in [-0.2, 0) is 0 Å². The molecule has 0 bridgehead atoms. The molecule has 2 atom stereocenters. The number of rotatable bonds is 5. The second kappa shape index (κ2) is 5.88. The monoisotopic (exact) mass is 176 g/mol. The third-order valence-electron chi connectivity index (χ3n) is 2.36. The van der Waals surface area contributed by atoms with Gasteiger partial charge in [-0.25, -0.2) is 0 Å². The molecule has 0 saturated heterocycles. The number of hydrogen-bond donors (Lipinski definition) is 0. The van der Waals surface area contributed by atoms with Crippen LogP contribution in [0.3, 0.4) is 0 Å². The van der Waals surface area contributed by atoms with Crippen LogP contribution in [-0.4, -0.2) is 5.38 Å². The van der Waals surface area contributed by atoms with E-state index < -0.39 is 0 Å². The molecule has 0 aliphatic carbocycles.